The van der Waals surface area contributed by atoms with E-state index in [-0.39, 0.29) is 18.2 Å². The van der Waals surface area contributed by atoms with Crippen molar-refractivity contribution in [1.82, 2.24) is 10.2 Å². The number of rotatable bonds is 4. The second kappa shape index (κ2) is 7.68. The maximum absolute atomic E-state index is 12.0. The zero-order valence-electron chi connectivity index (χ0n) is 11.8. The van der Waals surface area contributed by atoms with Crippen LogP contribution in [-0.4, -0.2) is 29.8 Å². The van der Waals surface area contributed by atoms with E-state index in [0.717, 1.165) is 31.5 Å². The monoisotopic (exact) mass is 274 g/mol. The Morgan fingerprint density at radius 3 is 2.30 bits per heavy atom. The van der Waals surface area contributed by atoms with Crippen LogP contribution in [0, 0.1) is 0 Å². The molecule has 1 heterocycles. The number of carbonyl (C=O) groups excluding carboxylic acids is 2. The van der Waals surface area contributed by atoms with Crippen molar-refractivity contribution in [1.29, 1.82) is 0 Å². The number of hydrogen-bond donors (Lipinski definition) is 1. The SMILES string of the molecule is O=C(CC(=O)N1CCCCCC1)NCc1ccccc1. The van der Waals surface area contributed by atoms with Crippen LogP contribution in [0.4, 0.5) is 0 Å². The molecule has 1 aliphatic heterocycles. The number of nitrogens with zero attached hydrogens (tertiary/aromatic N) is 1. The predicted octanol–water partition coefficient (Wildman–Crippen LogP) is 2.10. The van der Waals surface area contributed by atoms with Crippen molar-refractivity contribution < 1.29 is 9.59 Å². The summed E-state index contributed by atoms with van der Waals surface area (Å²) in [5.41, 5.74) is 1.04. The first-order valence-corrected chi connectivity index (χ1v) is 7.34. The van der Waals surface area contributed by atoms with Crippen LogP contribution in [0.25, 0.3) is 0 Å². The van der Waals surface area contributed by atoms with Gasteiger partial charge in [0.15, 0.2) is 0 Å². The molecule has 1 fully saturated rings. The first kappa shape index (κ1) is 14.6. The van der Waals surface area contributed by atoms with Crippen molar-refractivity contribution in [2.24, 2.45) is 0 Å². The van der Waals surface area contributed by atoms with Gasteiger partial charge in [0.25, 0.3) is 0 Å². The summed E-state index contributed by atoms with van der Waals surface area (Å²) < 4.78 is 0. The van der Waals surface area contributed by atoms with Gasteiger partial charge in [-0.25, -0.2) is 0 Å². The van der Waals surface area contributed by atoms with Crippen molar-refractivity contribution in [3.05, 3.63) is 35.9 Å². The fourth-order valence-corrected chi connectivity index (χ4v) is 2.43. The fraction of sp³-hybridized carbons (Fsp3) is 0.500. The van der Waals surface area contributed by atoms with E-state index in [9.17, 15) is 9.59 Å². The summed E-state index contributed by atoms with van der Waals surface area (Å²) in [4.78, 5) is 25.7. The molecule has 0 atom stereocenters. The molecule has 4 nitrogen and oxygen atoms in total. The Bertz CT molecular complexity index is 437. The smallest absolute Gasteiger partial charge is 0.232 e. The molecule has 0 bridgehead atoms. The molecular formula is C16H22N2O2. The van der Waals surface area contributed by atoms with Crippen LogP contribution >= 0.6 is 0 Å². The Labute approximate surface area is 120 Å². The fourth-order valence-electron chi connectivity index (χ4n) is 2.43. The molecule has 0 aromatic heterocycles. The van der Waals surface area contributed by atoms with Crippen molar-refractivity contribution in [3.63, 3.8) is 0 Å². The van der Waals surface area contributed by atoms with Crippen LogP contribution in [0.2, 0.25) is 0 Å². The second-order valence-electron chi connectivity index (χ2n) is 5.23. The number of likely N-dealkylation sites (tertiary alicyclic amines) is 1. The van der Waals surface area contributed by atoms with E-state index in [1.54, 1.807) is 0 Å². The van der Waals surface area contributed by atoms with Gasteiger partial charge in [-0.15, -0.1) is 0 Å². The zero-order chi connectivity index (χ0) is 14.2. The summed E-state index contributed by atoms with van der Waals surface area (Å²) in [5, 5.41) is 2.80. The van der Waals surface area contributed by atoms with E-state index in [2.05, 4.69) is 5.32 Å². The lowest BCUT2D eigenvalue weighted by atomic mass is 10.2. The van der Waals surface area contributed by atoms with Crippen molar-refractivity contribution in [2.75, 3.05) is 13.1 Å². The van der Waals surface area contributed by atoms with Gasteiger partial charge in [0.2, 0.25) is 11.8 Å². The summed E-state index contributed by atoms with van der Waals surface area (Å²) in [7, 11) is 0. The third kappa shape index (κ3) is 4.68. The average Bonchev–Trinajstić information content (AvgIpc) is 2.75. The van der Waals surface area contributed by atoms with Crippen LogP contribution < -0.4 is 5.32 Å². The van der Waals surface area contributed by atoms with Gasteiger partial charge in [0.1, 0.15) is 6.42 Å². The van der Waals surface area contributed by atoms with Gasteiger partial charge in [0, 0.05) is 19.6 Å². The number of amides is 2. The predicted molar refractivity (Wildman–Crippen MR) is 78.0 cm³/mol. The second-order valence-corrected chi connectivity index (χ2v) is 5.23. The topological polar surface area (TPSA) is 49.4 Å². The van der Waals surface area contributed by atoms with E-state index in [4.69, 9.17) is 0 Å². The largest absolute Gasteiger partial charge is 0.352 e. The summed E-state index contributed by atoms with van der Waals surface area (Å²) in [6.45, 7) is 2.07. The molecule has 0 unspecified atom stereocenters. The highest BCUT2D eigenvalue weighted by atomic mass is 16.2. The van der Waals surface area contributed by atoms with E-state index in [1.165, 1.54) is 12.8 Å². The van der Waals surface area contributed by atoms with E-state index >= 15 is 0 Å². The molecule has 2 rings (SSSR count). The van der Waals surface area contributed by atoms with Crippen molar-refractivity contribution in [2.45, 2.75) is 38.6 Å². The standard InChI is InChI=1S/C16H22N2O2/c19-15(17-13-14-8-4-3-5-9-14)12-16(20)18-10-6-1-2-7-11-18/h3-5,8-9H,1-2,6-7,10-13H2,(H,17,19). The van der Waals surface area contributed by atoms with Gasteiger partial charge >= 0.3 is 0 Å². The zero-order valence-corrected chi connectivity index (χ0v) is 11.8. The molecule has 0 spiro atoms. The number of benzene rings is 1. The lowest BCUT2D eigenvalue weighted by Gasteiger charge is -2.19. The molecule has 1 aromatic rings. The number of carbonyl (C=O) groups is 2. The first-order valence-electron chi connectivity index (χ1n) is 7.34. The molecule has 2 amide bonds. The Balaban J connectivity index is 1.74. The third-order valence-electron chi connectivity index (χ3n) is 3.60. The van der Waals surface area contributed by atoms with Gasteiger partial charge in [-0.2, -0.15) is 0 Å². The molecule has 0 radical (unpaired) electrons. The maximum Gasteiger partial charge on any atom is 0.232 e. The van der Waals surface area contributed by atoms with Crippen molar-refractivity contribution >= 4 is 11.8 Å². The van der Waals surface area contributed by atoms with Gasteiger partial charge in [-0.1, -0.05) is 43.2 Å². The number of hydrogen-bond acceptors (Lipinski definition) is 2. The Kier molecular flexibility index (Phi) is 5.59. The van der Waals surface area contributed by atoms with Crippen LogP contribution in [-0.2, 0) is 16.1 Å². The highest BCUT2D eigenvalue weighted by Gasteiger charge is 2.18. The van der Waals surface area contributed by atoms with Gasteiger partial charge in [-0.3, -0.25) is 9.59 Å². The average molecular weight is 274 g/mol. The van der Waals surface area contributed by atoms with Gasteiger partial charge in [-0.05, 0) is 18.4 Å². The van der Waals surface area contributed by atoms with Crippen molar-refractivity contribution in [3.8, 4) is 0 Å². The Hall–Kier alpha value is -1.84. The van der Waals surface area contributed by atoms with Crippen LogP contribution in [0.3, 0.4) is 0 Å². The first-order chi connectivity index (χ1) is 9.75. The quantitative estimate of drug-likeness (QED) is 0.855. The highest BCUT2D eigenvalue weighted by Crippen LogP contribution is 2.10. The molecular weight excluding hydrogens is 252 g/mol. The lowest BCUT2D eigenvalue weighted by molar-refractivity contribution is -0.136. The molecule has 1 aliphatic rings. The van der Waals surface area contributed by atoms with Gasteiger partial charge in [0.05, 0.1) is 0 Å². The molecule has 108 valence electrons. The maximum atomic E-state index is 12.0. The van der Waals surface area contributed by atoms with Crippen LogP contribution in [0.1, 0.15) is 37.7 Å². The normalized spacial score (nSPS) is 15.5. The summed E-state index contributed by atoms with van der Waals surface area (Å²) in [6, 6.07) is 9.72. The molecule has 4 heteroatoms. The molecule has 0 aliphatic carbocycles. The minimum Gasteiger partial charge on any atom is -0.352 e. The van der Waals surface area contributed by atoms with E-state index in [0.29, 0.717) is 6.54 Å². The summed E-state index contributed by atoms with van der Waals surface area (Å²) >= 11 is 0. The molecule has 1 aromatic carbocycles. The minimum absolute atomic E-state index is 0.0349. The minimum atomic E-state index is -0.192. The van der Waals surface area contributed by atoms with Crippen LogP contribution in [0.5, 0.6) is 0 Å². The number of nitrogens with one attached hydrogen (secondary N) is 1. The van der Waals surface area contributed by atoms with Gasteiger partial charge < -0.3 is 10.2 Å². The van der Waals surface area contributed by atoms with Crippen LogP contribution in [0.15, 0.2) is 30.3 Å². The Morgan fingerprint density at radius 2 is 1.65 bits per heavy atom. The van der Waals surface area contributed by atoms with E-state index < -0.39 is 0 Å². The summed E-state index contributed by atoms with van der Waals surface area (Å²) in [5.74, 6) is -0.236. The third-order valence-corrected chi connectivity index (χ3v) is 3.60. The molecule has 0 saturated carbocycles. The molecule has 1 saturated heterocycles. The lowest BCUT2D eigenvalue weighted by Crippen LogP contribution is -2.36. The summed E-state index contributed by atoms with van der Waals surface area (Å²) in [6.07, 6.45) is 4.44. The molecule has 1 N–H and O–H groups in total. The highest BCUT2D eigenvalue weighted by molar-refractivity contribution is 5.96. The molecule has 20 heavy (non-hydrogen) atoms. The Morgan fingerprint density at radius 1 is 1.00 bits per heavy atom. The van der Waals surface area contributed by atoms with E-state index in [1.807, 2.05) is 35.2 Å².